The summed E-state index contributed by atoms with van der Waals surface area (Å²) in [7, 11) is 0. The van der Waals surface area contributed by atoms with Gasteiger partial charge in [0.25, 0.3) is 0 Å². The number of rotatable bonds is 2. The van der Waals surface area contributed by atoms with E-state index in [1.807, 2.05) is 0 Å². The van der Waals surface area contributed by atoms with Crippen molar-refractivity contribution in [3.05, 3.63) is 21.3 Å². The molecule has 1 saturated heterocycles. The van der Waals surface area contributed by atoms with Gasteiger partial charge in [-0.2, -0.15) is 0 Å². The molecule has 0 saturated carbocycles. The smallest absolute Gasteiger partial charge is 0.404 e. The van der Waals surface area contributed by atoms with Crippen molar-refractivity contribution in [1.82, 2.24) is 10.6 Å². The molecule has 2 heterocycles. The van der Waals surface area contributed by atoms with Gasteiger partial charge in [0.15, 0.2) is 0 Å². The predicted molar refractivity (Wildman–Crippen MR) is 59.8 cm³/mol. The molecule has 2 rings (SSSR count). The van der Waals surface area contributed by atoms with E-state index < -0.39 is 12.1 Å². The summed E-state index contributed by atoms with van der Waals surface area (Å²) in [4.78, 5) is 22.7. The van der Waals surface area contributed by atoms with Crippen molar-refractivity contribution < 1.29 is 14.7 Å². The van der Waals surface area contributed by atoms with E-state index in [1.165, 1.54) is 11.3 Å². The van der Waals surface area contributed by atoms with E-state index in [0.29, 0.717) is 4.34 Å². The SMILES string of the molecule is O=C(O)N[C@H]1CC(=O)N[C@@H]1c1ccc(Cl)s1. The van der Waals surface area contributed by atoms with Gasteiger partial charge in [-0.1, -0.05) is 11.6 Å². The van der Waals surface area contributed by atoms with E-state index in [-0.39, 0.29) is 18.4 Å². The van der Waals surface area contributed by atoms with Crippen LogP contribution in [-0.2, 0) is 4.79 Å². The molecule has 16 heavy (non-hydrogen) atoms. The van der Waals surface area contributed by atoms with Crippen LogP contribution in [0, 0.1) is 0 Å². The van der Waals surface area contributed by atoms with Gasteiger partial charge in [-0.3, -0.25) is 4.79 Å². The third kappa shape index (κ3) is 2.28. The lowest BCUT2D eigenvalue weighted by atomic mass is 10.1. The average molecular weight is 261 g/mol. The highest BCUT2D eigenvalue weighted by Gasteiger charge is 2.35. The zero-order valence-electron chi connectivity index (χ0n) is 8.07. The van der Waals surface area contributed by atoms with Gasteiger partial charge in [0.2, 0.25) is 5.91 Å². The van der Waals surface area contributed by atoms with Crippen LogP contribution < -0.4 is 10.6 Å². The summed E-state index contributed by atoms with van der Waals surface area (Å²) in [6.07, 6.45) is -0.971. The Morgan fingerprint density at radius 1 is 1.62 bits per heavy atom. The normalized spacial score (nSPS) is 24.2. The highest BCUT2D eigenvalue weighted by Crippen LogP contribution is 2.32. The Balaban J connectivity index is 2.18. The first-order chi connectivity index (χ1) is 7.56. The number of carboxylic acid groups (broad SMARTS) is 1. The molecule has 1 fully saturated rings. The van der Waals surface area contributed by atoms with E-state index in [1.54, 1.807) is 12.1 Å². The van der Waals surface area contributed by atoms with Crippen molar-refractivity contribution >= 4 is 34.9 Å². The van der Waals surface area contributed by atoms with E-state index in [4.69, 9.17) is 16.7 Å². The molecule has 0 bridgehead atoms. The first-order valence-corrected chi connectivity index (χ1v) is 5.80. The molecule has 2 atom stereocenters. The quantitative estimate of drug-likeness (QED) is 0.756. The van der Waals surface area contributed by atoms with Gasteiger partial charge >= 0.3 is 6.09 Å². The van der Waals surface area contributed by atoms with Crippen LogP contribution in [0.3, 0.4) is 0 Å². The molecule has 1 aromatic rings. The molecular formula is C9H9ClN2O3S. The fourth-order valence-electron chi connectivity index (χ4n) is 1.71. The molecule has 7 heteroatoms. The zero-order valence-corrected chi connectivity index (χ0v) is 9.64. The summed E-state index contributed by atoms with van der Waals surface area (Å²) >= 11 is 7.13. The molecule has 0 aliphatic carbocycles. The minimum absolute atomic E-state index is 0.159. The highest BCUT2D eigenvalue weighted by atomic mass is 35.5. The Bertz CT molecular complexity index is 434. The molecular weight excluding hydrogens is 252 g/mol. The first kappa shape index (κ1) is 11.2. The first-order valence-electron chi connectivity index (χ1n) is 4.60. The molecule has 0 spiro atoms. The third-order valence-corrected chi connectivity index (χ3v) is 3.65. The highest BCUT2D eigenvalue weighted by molar-refractivity contribution is 7.16. The predicted octanol–water partition coefficient (Wildman–Crippen LogP) is 1.60. The van der Waals surface area contributed by atoms with Gasteiger partial charge in [0, 0.05) is 11.3 Å². The van der Waals surface area contributed by atoms with Crippen LogP contribution in [0.15, 0.2) is 12.1 Å². The summed E-state index contributed by atoms with van der Waals surface area (Å²) in [5.41, 5.74) is 0. The minimum atomic E-state index is -1.13. The molecule has 1 aromatic heterocycles. The Morgan fingerprint density at radius 2 is 2.38 bits per heavy atom. The van der Waals surface area contributed by atoms with Crippen molar-refractivity contribution in [1.29, 1.82) is 0 Å². The fraction of sp³-hybridized carbons (Fsp3) is 0.333. The summed E-state index contributed by atoms with van der Waals surface area (Å²) in [6.45, 7) is 0. The van der Waals surface area contributed by atoms with Gasteiger partial charge in [0.1, 0.15) is 0 Å². The van der Waals surface area contributed by atoms with Crippen molar-refractivity contribution in [3.63, 3.8) is 0 Å². The van der Waals surface area contributed by atoms with Gasteiger partial charge in [-0.15, -0.1) is 11.3 Å². The zero-order chi connectivity index (χ0) is 11.7. The van der Waals surface area contributed by atoms with E-state index in [0.717, 1.165) is 4.88 Å². The van der Waals surface area contributed by atoms with Gasteiger partial charge in [-0.25, -0.2) is 4.79 Å². The monoisotopic (exact) mass is 260 g/mol. The second kappa shape index (κ2) is 4.31. The average Bonchev–Trinajstić information content (AvgIpc) is 2.72. The Labute approximate surface area is 100 Å². The Hall–Kier alpha value is -1.27. The van der Waals surface area contributed by atoms with Crippen molar-refractivity contribution in [3.8, 4) is 0 Å². The van der Waals surface area contributed by atoms with Gasteiger partial charge in [-0.05, 0) is 12.1 Å². The molecule has 2 amide bonds. The van der Waals surface area contributed by atoms with Crippen LogP contribution in [0.1, 0.15) is 17.3 Å². The molecule has 0 radical (unpaired) electrons. The number of thiophene rings is 1. The van der Waals surface area contributed by atoms with E-state index >= 15 is 0 Å². The summed E-state index contributed by atoms with van der Waals surface area (Å²) < 4.78 is 0.616. The van der Waals surface area contributed by atoms with Crippen LogP contribution >= 0.6 is 22.9 Å². The van der Waals surface area contributed by atoms with Crippen LogP contribution in [-0.4, -0.2) is 23.1 Å². The fourth-order valence-corrected chi connectivity index (χ4v) is 2.89. The van der Waals surface area contributed by atoms with Crippen LogP contribution in [0.25, 0.3) is 0 Å². The number of halogens is 1. The number of carbonyl (C=O) groups excluding carboxylic acids is 1. The van der Waals surface area contributed by atoms with Crippen LogP contribution in [0.4, 0.5) is 4.79 Å². The van der Waals surface area contributed by atoms with Crippen molar-refractivity contribution in [2.75, 3.05) is 0 Å². The van der Waals surface area contributed by atoms with E-state index in [9.17, 15) is 9.59 Å². The number of hydrogen-bond donors (Lipinski definition) is 3. The summed E-state index contributed by atoms with van der Waals surface area (Å²) in [6, 6.07) is 2.77. The largest absolute Gasteiger partial charge is 0.465 e. The molecule has 0 unspecified atom stereocenters. The van der Waals surface area contributed by atoms with Crippen LogP contribution in [0.5, 0.6) is 0 Å². The molecule has 3 N–H and O–H groups in total. The van der Waals surface area contributed by atoms with Crippen LogP contribution in [0.2, 0.25) is 4.34 Å². The number of nitrogens with one attached hydrogen (secondary N) is 2. The Morgan fingerprint density at radius 3 is 2.94 bits per heavy atom. The van der Waals surface area contributed by atoms with E-state index in [2.05, 4.69) is 10.6 Å². The maximum atomic E-state index is 11.3. The summed E-state index contributed by atoms with van der Waals surface area (Å²) in [5.74, 6) is -0.159. The van der Waals surface area contributed by atoms with Crippen molar-refractivity contribution in [2.45, 2.75) is 18.5 Å². The standard InChI is InChI=1S/C9H9ClN2O3S/c10-6-2-1-5(16-6)8-4(11-9(14)15)3-7(13)12-8/h1-2,4,8,11H,3H2,(H,12,13)(H,14,15)/t4-,8-/m0/s1. The third-order valence-electron chi connectivity index (χ3n) is 2.33. The van der Waals surface area contributed by atoms with Gasteiger partial charge in [0.05, 0.1) is 16.4 Å². The summed E-state index contributed by atoms with van der Waals surface area (Å²) in [5, 5.41) is 13.7. The molecule has 0 aromatic carbocycles. The molecule has 1 aliphatic rings. The number of hydrogen-bond acceptors (Lipinski definition) is 3. The maximum absolute atomic E-state index is 11.3. The maximum Gasteiger partial charge on any atom is 0.404 e. The topological polar surface area (TPSA) is 78.4 Å². The molecule has 86 valence electrons. The second-order valence-electron chi connectivity index (χ2n) is 3.45. The van der Waals surface area contributed by atoms with Crippen molar-refractivity contribution in [2.24, 2.45) is 0 Å². The second-order valence-corrected chi connectivity index (χ2v) is 5.19. The van der Waals surface area contributed by atoms with Gasteiger partial charge < -0.3 is 15.7 Å². The number of carbonyl (C=O) groups is 2. The lowest BCUT2D eigenvalue weighted by Gasteiger charge is -2.16. The molecule has 1 aliphatic heterocycles. The lowest BCUT2D eigenvalue weighted by molar-refractivity contribution is -0.119. The number of amides is 2. The lowest BCUT2D eigenvalue weighted by Crippen LogP contribution is -2.37. The Kier molecular flexibility index (Phi) is 3.02. The minimum Gasteiger partial charge on any atom is -0.465 e. The molecule has 5 nitrogen and oxygen atoms in total.